The third kappa shape index (κ3) is 7.75. The van der Waals surface area contributed by atoms with E-state index in [2.05, 4.69) is 21.7 Å². The summed E-state index contributed by atoms with van der Waals surface area (Å²) in [7, 11) is 0. The maximum Gasteiger partial charge on any atom is 0.410 e. The average Bonchev–Trinajstić information content (AvgIpc) is 2.14. The molecule has 6 heteroatoms. The summed E-state index contributed by atoms with van der Waals surface area (Å²) in [6, 6.07) is 0. The Morgan fingerprint density at radius 2 is 2.00 bits per heavy atom. The lowest BCUT2D eigenvalue weighted by atomic mass is 10.2. The van der Waals surface area contributed by atoms with E-state index in [-0.39, 0.29) is 12.5 Å². The lowest BCUT2D eigenvalue weighted by Crippen LogP contribution is -2.32. The third-order valence-corrected chi connectivity index (χ3v) is 1.34. The highest BCUT2D eigenvalue weighted by atomic mass is 16.7. The van der Waals surface area contributed by atoms with Gasteiger partial charge in [-0.3, -0.25) is 4.79 Å². The highest BCUT2D eigenvalue weighted by Crippen LogP contribution is 1.95. The van der Waals surface area contributed by atoms with E-state index in [1.165, 1.54) is 0 Å². The molecule has 0 fully saturated rings. The van der Waals surface area contributed by atoms with Crippen molar-refractivity contribution in [2.45, 2.75) is 20.0 Å². The van der Waals surface area contributed by atoms with Crippen molar-refractivity contribution in [3.8, 4) is 0 Å². The molecule has 1 amide bonds. The van der Waals surface area contributed by atoms with Gasteiger partial charge < -0.3 is 19.9 Å². The van der Waals surface area contributed by atoms with Crippen LogP contribution in [-0.2, 0) is 14.3 Å². The maximum absolute atomic E-state index is 10.9. The molecule has 1 radical (unpaired) electrons. The second-order valence-electron chi connectivity index (χ2n) is 3.20. The quantitative estimate of drug-likeness (QED) is 0.503. The predicted octanol–water partition coefficient (Wildman–Crippen LogP) is 0.0643. The fourth-order valence-electron chi connectivity index (χ4n) is 0.560. The Bertz CT molecular complexity index is 215. The van der Waals surface area contributed by atoms with Crippen LogP contribution in [0.15, 0.2) is 0 Å². The molecule has 0 aromatic carbocycles. The van der Waals surface area contributed by atoms with Gasteiger partial charge in [-0.25, -0.2) is 4.79 Å². The van der Waals surface area contributed by atoms with Gasteiger partial charge in [0.1, 0.15) is 0 Å². The maximum atomic E-state index is 10.9. The van der Waals surface area contributed by atoms with E-state index in [4.69, 9.17) is 5.11 Å². The van der Waals surface area contributed by atoms with Crippen molar-refractivity contribution >= 4 is 12.1 Å². The normalized spacial score (nSPS) is 12.1. The minimum absolute atomic E-state index is 0.0169. The Labute approximate surface area is 88.6 Å². The first kappa shape index (κ1) is 13.7. The van der Waals surface area contributed by atoms with Crippen LogP contribution in [0.3, 0.4) is 0 Å². The van der Waals surface area contributed by atoms with E-state index < -0.39 is 25.0 Å². The molecule has 1 atom stereocenters. The Morgan fingerprint density at radius 1 is 1.40 bits per heavy atom. The fourth-order valence-corrected chi connectivity index (χ4v) is 0.560. The van der Waals surface area contributed by atoms with Crippen LogP contribution in [0, 0.1) is 12.8 Å². The van der Waals surface area contributed by atoms with Crippen molar-refractivity contribution in [3.05, 3.63) is 6.92 Å². The number of hydrogen-bond acceptors (Lipinski definition) is 5. The van der Waals surface area contributed by atoms with Crippen molar-refractivity contribution in [2.75, 3.05) is 13.3 Å². The highest BCUT2D eigenvalue weighted by Gasteiger charge is 2.09. The topological polar surface area (TPSA) is 84.9 Å². The molecule has 0 aliphatic rings. The van der Waals surface area contributed by atoms with Crippen molar-refractivity contribution in [3.63, 3.8) is 0 Å². The van der Waals surface area contributed by atoms with Gasteiger partial charge in [0, 0.05) is 6.54 Å². The zero-order valence-electron chi connectivity index (χ0n) is 8.86. The first-order valence-corrected chi connectivity index (χ1v) is 4.52. The third-order valence-electron chi connectivity index (χ3n) is 1.34. The van der Waals surface area contributed by atoms with Crippen LogP contribution in [0.2, 0.25) is 0 Å². The summed E-state index contributed by atoms with van der Waals surface area (Å²) in [6.45, 7) is 6.13. The van der Waals surface area contributed by atoms with Crippen molar-refractivity contribution in [1.29, 1.82) is 0 Å². The minimum Gasteiger partial charge on any atom is -0.428 e. The first-order valence-electron chi connectivity index (χ1n) is 4.52. The Morgan fingerprint density at radius 3 is 2.47 bits per heavy atom. The molecule has 0 unspecified atom stereocenters. The average molecular weight is 218 g/mol. The van der Waals surface area contributed by atoms with Crippen LogP contribution in [0.5, 0.6) is 0 Å². The molecule has 0 bridgehead atoms. The molecule has 0 saturated carbocycles. The number of carbonyl (C=O) groups excluding carboxylic acids is 2. The van der Waals surface area contributed by atoms with E-state index in [1.807, 2.05) is 0 Å². The Kier molecular flexibility index (Phi) is 6.44. The van der Waals surface area contributed by atoms with Gasteiger partial charge in [-0.05, 0) is 6.92 Å². The standard InChI is InChI=1S/C9H16NO5/c1-6(2)8(12)14-5-15-9(13)10-4-7(3)11/h6-7,11H,3-5H2,1-2H3,(H,10,13)/t7-/m0/s1. The monoisotopic (exact) mass is 218 g/mol. The van der Waals surface area contributed by atoms with Crippen LogP contribution in [-0.4, -0.2) is 36.6 Å². The molecule has 0 aliphatic heterocycles. The van der Waals surface area contributed by atoms with E-state index in [9.17, 15) is 9.59 Å². The van der Waals surface area contributed by atoms with Crippen LogP contribution >= 0.6 is 0 Å². The molecule has 0 aliphatic carbocycles. The number of rotatable bonds is 5. The zero-order valence-corrected chi connectivity index (χ0v) is 8.86. The molecule has 87 valence electrons. The molecule has 2 N–H and O–H groups in total. The van der Waals surface area contributed by atoms with Crippen LogP contribution in [0.25, 0.3) is 0 Å². The number of aliphatic hydroxyl groups excluding tert-OH is 1. The van der Waals surface area contributed by atoms with Crippen molar-refractivity contribution in [1.82, 2.24) is 5.32 Å². The van der Waals surface area contributed by atoms with E-state index in [0.29, 0.717) is 0 Å². The molecule has 0 saturated heterocycles. The Hall–Kier alpha value is -1.30. The summed E-state index contributed by atoms with van der Waals surface area (Å²) in [5, 5.41) is 10.9. The summed E-state index contributed by atoms with van der Waals surface area (Å²) in [6.07, 6.45) is -1.66. The van der Waals surface area contributed by atoms with Gasteiger partial charge in [0.05, 0.1) is 12.0 Å². The van der Waals surface area contributed by atoms with E-state index in [1.54, 1.807) is 13.8 Å². The van der Waals surface area contributed by atoms with Gasteiger partial charge in [0.2, 0.25) is 6.79 Å². The van der Waals surface area contributed by atoms with Crippen molar-refractivity contribution in [2.24, 2.45) is 5.92 Å². The van der Waals surface area contributed by atoms with Gasteiger partial charge >= 0.3 is 12.1 Å². The molecule has 0 aromatic heterocycles. The fraction of sp³-hybridized carbons (Fsp3) is 0.667. The number of carbonyl (C=O) groups is 2. The van der Waals surface area contributed by atoms with Gasteiger partial charge in [-0.2, -0.15) is 0 Å². The summed E-state index contributed by atoms with van der Waals surface area (Å²) in [4.78, 5) is 21.7. The van der Waals surface area contributed by atoms with Gasteiger partial charge in [-0.15, -0.1) is 0 Å². The number of aliphatic hydroxyl groups is 1. The second-order valence-corrected chi connectivity index (χ2v) is 3.20. The smallest absolute Gasteiger partial charge is 0.410 e. The largest absolute Gasteiger partial charge is 0.428 e. The molecule has 0 rings (SSSR count). The van der Waals surface area contributed by atoms with E-state index in [0.717, 1.165) is 0 Å². The van der Waals surface area contributed by atoms with Crippen LogP contribution in [0.1, 0.15) is 13.8 Å². The van der Waals surface area contributed by atoms with Crippen molar-refractivity contribution < 1.29 is 24.2 Å². The predicted molar refractivity (Wildman–Crippen MR) is 51.6 cm³/mol. The molecule has 0 aromatic rings. The number of hydrogen-bond donors (Lipinski definition) is 2. The summed E-state index contributed by atoms with van der Waals surface area (Å²) >= 11 is 0. The number of nitrogens with one attached hydrogen (secondary N) is 1. The minimum atomic E-state index is -0.893. The molecule has 15 heavy (non-hydrogen) atoms. The van der Waals surface area contributed by atoms with Crippen LogP contribution in [0.4, 0.5) is 4.79 Å². The Balaban J connectivity index is 3.51. The lowest BCUT2D eigenvalue weighted by molar-refractivity contribution is -0.155. The number of alkyl carbamates (subject to hydrolysis) is 1. The zero-order chi connectivity index (χ0) is 11.8. The summed E-state index contributed by atoms with van der Waals surface area (Å²) in [5.41, 5.74) is 0. The molecule has 0 heterocycles. The first-order chi connectivity index (χ1) is 6.93. The number of esters is 1. The SMILES string of the molecule is [CH2][C@H](O)CNC(=O)OCOC(=O)C(C)C. The van der Waals surface area contributed by atoms with Gasteiger partial charge in [0.25, 0.3) is 0 Å². The molecule has 0 spiro atoms. The number of ether oxygens (including phenoxy) is 2. The molecular formula is C9H16NO5. The summed E-state index contributed by atoms with van der Waals surface area (Å²) in [5.74, 6) is -0.710. The van der Waals surface area contributed by atoms with E-state index >= 15 is 0 Å². The van der Waals surface area contributed by atoms with Crippen LogP contribution < -0.4 is 5.32 Å². The summed E-state index contributed by atoms with van der Waals surface area (Å²) < 4.78 is 9.06. The lowest BCUT2D eigenvalue weighted by Gasteiger charge is -2.09. The van der Waals surface area contributed by atoms with Gasteiger partial charge in [-0.1, -0.05) is 13.8 Å². The second kappa shape index (κ2) is 7.05. The molecule has 6 nitrogen and oxygen atoms in total. The highest BCUT2D eigenvalue weighted by molar-refractivity contribution is 5.71. The van der Waals surface area contributed by atoms with Gasteiger partial charge in [0.15, 0.2) is 0 Å². The molecular weight excluding hydrogens is 202 g/mol. The number of amides is 1.